The smallest absolute Gasteiger partial charge is 0.306 e. The van der Waals surface area contributed by atoms with Gasteiger partial charge in [0.05, 0.1) is 13.5 Å². The molecule has 1 unspecified atom stereocenters. The van der Waals surface area contributed by atoms with Gasteiger partial charge in [0.2, 0.25) is 0 Å². The van der Waals surface area contributed by atoms with Gasteiger partial charge in [0, 0.05) is 5.25 Å². The number of rotatable bonds is 4. The molecule has 1 heterocycles. The summed E-state index contributed by atoms with van der Waals surface area (Å²) >= 11 is 3.01. The lowest BCUT2D eigenvalue weighted by Crippen LogP contribution is -2.08. The van der Waals surface area contributed by atoms with Crippen LogP contribution in [0.15, 0.2) is 9.85 Å². The van der Waals surface area contributed by atoms with Gasteiger partial charge in [0.25, 0.3) is 0 Å². The SMILES string of the molecule is COC(=O)CC(C)Sc1nncs1. The molecule has 0 amide bonds. The normalized spacial score (nSPS) is 12.5. The van der Waals surface area contributed by atoms with E-state index in [0.29, 0.717) is 6.42 Å². The predicted octanol–water partition coefficient (Wildman–Crippen LogP) is 1.58. The van der Waals surface area contributed by atoms with Crippen molar-refractivity contribution in [3.63, 3.8) is 0 Å². The van der Waals surface area contributed by atoms with Crippen LogP contribution in [0, 0.1) is 0 Å². The fourth-order valence-electron chi connectivity index (χ4n) is 0.746. The van der Waals surface area contributed by atoms with Crippen LogP contribution in [0.2, 0.25) is 0 Å². The van der Waals surface area contributed by atoms with Crippen molar-refractivity contribution < 1.29 is 9.53 Å². The molecule has 1 aromatic rings. The Morgan fingerprint density at radius 3 is 3.15 bits per heavy atom. The maximum absolute atomic E-state index is 10.9. The first-order valence-corrected chi connectivity index (χ1v) is 5.48. The minimum atomic E-state index is -0.190. The van der Waals surface area contributed by atoms with Gasteiger partial charge in [-0.1, -0.05) is 30.0 Å². The van der Waals surface area contributed by atoms with Gasteiger partial charge in [-0.3, -0.25) is 4.79 Å². The average Bonchev–Trinajstić information content (AvgIpc) is 2.56. The van der Waals surface area contributed by atoms with Crippen molar-refractivity contribution in [2.45, 2.75) is 22.9 Å². The van der Waals surface area contributed by atoms with Gasteiger partial charge in [0.15, 0.2) is 4.34 Å². The maximum atomic E-state index is 10.9. The van der Waals surface area contributed by atoms with Gasteiger partial charge in [-0.2, -0.15) is 0 Å². The molecule has 72 valence electrons. The van der Waals surface area contributed by atoms with Crippen molar-refractivity contribution in [3.8, 4) is 0 Å². The van der Waals surface area contributed by atoms with E-state index in [0.717, 1.165) is 4.34 Å². The van der Waals surface area contributed by atoms with Gasteiger partial charge >= 0.3 is 5.97 Å². The van der Waals surface area contributed by atoms with Crippen LogP contribution in [0.1, 0.15) is 13.3 Å². The van der Waals surface area contributed by atoms with Gasteiger partial charge in [-0.05, 0) is 0 Å². The highest BCUT2D eigenvalue weighted by Gasteiger charge is 2.11. The quantitative estimate of drug-likeness (QED) is 0.567. The van der Waals surface area contributed by atoms with Crippen molar-refractivity contribution in [1.82, 2.24) is 10.2 Å². The maximum Gasteiger partial charge on any atom is 0.306 e. The van der Waals surface area contributed by atoms with Crippen LogP contribution in [0.25, 0.3) is 0 Å². The molecule has 13 heavy (non-hydrogen) atoms. The topological polar surface area (TPSA) is 52.1 Å². The largest absolute Gasteiger partial charge is 0.469 e. The van der Waals surface area contributed by atoms with Gasteiger partial charge < -0.3 is 4.74 Å². The molecule has 0 radical (unpaired) electrons. The Kier molecular flexibility index (Phi) is 4.17. The first-order valence-electron chi connectivity index (χ1n) is 3.72. The Morgan fingerprint density at radius 1 is 1.85 bits per heavy atom. The van der Waals surface area contributed by atoms with Crippen LogP contribution in [-0.2, 0) is 9.53 Å². The van der Waals surface area contributed by atoms with E-state index in [1.165, 1.54) is 30.2 Å². The van der Waals surface area contributed by atoms with E-state index < -0.39 is 0 Å². The molecule has 0 saturated carbocycles. The molecule has 0 aliphatic carbocycles. The molecule has 0 aromatic carbocycles. The highest BCUT2D eigenvalue weighted by molar-refractivity contribution is 8.01. The van der Waals surface area contributed by atoms with Crippen LogP contribution in [0.4, 0.5) is 0 Å². The minimum Gasteiger partial charge on any atom is -0.469 e. The molecule has 4 nitrogen and oxygen atoms in total. The van der Waals surface area contributed by atoms with Crippen molar-refractivity contribution in [1.29, 1.82) is 0 Å². The summed E-state index contributed by atoms with van der Waals surface area (Å²) in [6.45, 7) is 1.96. The molecule has 0 spiro atoms. The van der Waals surface area contributed by atoms with Crippen molar-refractivity contribution in [3.05, 3.63) is 5.51 Å². The second-order valence-electron chi connectivity index (χ2n) is 2.41. The third kappa shape index (κ3) is 3.73. The molecule has 1 rings (SSSR count). The van der Waals surface area contributed by atoms with Crippen LogP contribution in [-0.4, -0.2) is 28.5 Å². The highest BCUT2D eigenvalue weighted by atomic mass is 32.2. The van der Waals surface area contributed by atoms with E-state index in [4.69, 9.17) is 0 Å². The van der Waals surface area contributed by atoms with Crippen molar-refractivity contribution in [2.75, 3.05) is 7.11 Å². The summed E-state index contributed by atoms with van der Waals surface area (Å²) in [5.74, 6) is -0.190. The van der Waals surface area contributed by atoms with Crippen LogP contribution < -0.4 is 0 Å². The fourth-order valence-corrected chi connectivity index (χ4v) is 2.53. The third-order valence-electron chi connectivity index (χ3n) is 1.32. The van der Waals surface area contributed by atoms with Crippen LogP contribution in [0.5, 0.6) is 0 Å². The van der Waals surface area contributed by atoms with Crippen molar-refractivity contribution >= 4 is 29.1 Å². The minimum absolute atomic E-state index is 0.181. The Bertz CT molecular complexity index is 263. The highest BCUT2D eigenvalue weighted by Crippen LogP contribution is 2.25. The Labute approximate surface area is 84.7 Å². The zero-order valence-electron chi connectivity index (χ0n) is 7.39. The summed E-state index contributed by atoms with van der Waals surface area (Å²) in [7, 11) is 1.39. The number of aromatic nitrogens is 2. The molecule has 1 atom stereocenters. The monoisotopic (exact) mass is 218 g/mol. The van der Waals surface area contributed by atoms with Gasteiger partial charge in [0.1, 0.15) is 5.51 Å². The third-order valence-corrected chi connectivity index (χ3v) is 3.24. The Balaban J connectivity index is 2.33. The summed E-state index contributed by atoms with van der Waals surface area (Å²) in [5, 5.41) is 7.76. The first kappa shape index (κ1) is 10.5. The molecule has 0 bridgehead atoms. The lowest BCUT2D eigenvalue weighted by Gasteiger charge is -2.05. The van der Waals surface area contributed by atoms with Gasteiger partial charge in [-0.25, -0.2) is 0 Å². The second kappa shape index (κ2) is 5.18. The zero-order chi connectivity index (χ0) is 9.68. The van der Waals surface area contributed by atoms with E-state index in [1.807, 2.05) is 6.92 Å². The summed E-state index contributed by atoms with van der Waals surface area (Å²) in [5.41, 5.74) is 1.67. The number of nitrogens with zero attached hydrogens (tertiary/aromatic N) is 2. The number of carbonyl (C=O) groups excluding carboxylic acids is 1. The lowest BCUT2D eigenvalue weighted by molar-refractivity contribution is -0.140. The first-order chi connectivity index (χ1) is 6.22. The molecular weight excluding hydrogens is 208 g/mol. The molecule has 0 saturated heterocycles. The molecule has 0 aliphatic heterocycles. The second-order valence-corrected chi connectivity index (χ2v) is 4.93. The standard InChI is InChI=1S/C7H10N2O2S2/c1-5(3-6(10)11-2)13-7-9-8-4-12-7/h4-5H,3H2,1-2H3. The molecule has 0 fully saturated rings. The van der Waals surface area contributed by atoms with E-state index in [-0.39, 0.29) is 11.2 Å². The number of carbonyl (C=O) groups is 1. The predicted molar refractivity (Wildman–Crippen MR) is 51.9 cm³/mol. The average molecular weight is 218 g/mol. The summed E-state index contributed by atoms with van der Waals surface area (Å²) in [6.07, 6.45) is 0.404. The molecule has 0 N–H and O–H groups in total. The van der Waals surface area contributed by atoms with Crippen LogP contribution in [0.3, 0.4) is 0 Å². The van der Waals surface area contributed by atoms with E-state index in [9.17, 15) is 4.79 Å². The molecule has 1 aromatic heterocycles. The number of ether oxygens (including phenoxy) is 1. The summed E-state index contributed by atoms with van der Waals surface area (Å²) in [6, 6.07) is 0. The fraction of sp³-hybridized carbons (Fsp3) is 0.571. The summed E-state index contributed by atoms with van der Waals surface area (Å²) < 4.78 is 5.44. The zero-order valence-corrected chi connectivity index (χ0v) is 9.02. The molecule has 0 aliphatic rings. The Morgan fingerprint density at radius 2 is 2.62 bits per heavy atom. The van der Waals surface area contributed by atoms with E-state index in [2.05, 4.69) is 14.9 Å². The van der Waals surface area contributed by atoms with Crippen LogP contribution >= 0.6 is 23.1 Å². The van der Waals surface area contributed by atoms with Crippen molar-refractivity contribution in [2.24, 2.45) is 0 Å². The van der Waals surface area contributed by atoms with E-state index >= 15 is 0 Å². The number of methoxy groups -OCH3 is 1. The Hall–Kier alpha value is -0.620. The van der Waals surface area contributed by atoms with E-state index in [1.54, 1.807) is 5.51 Å². The number of esters is 1. The lowest BCUT2D eigenvalue weighted by atomic mass is 10.3. The summed E-state index contributed by atoms with van der Waals surface area (Å²) in [4.78, 5) is 10.9. The number of thioether (sulfide) groups is 1. The number of hydrogen-bond acceptors (Lipinski definition) is 6. The molecular formula is C7H10N2O2S2. The number of hydrogen-bond donors (Lipinski definition) is 0. The molecule has 6 heteroatoms. The van der Waals surface area contributed by atoms with Gasteiger partial charge in [-0.15, -0.1) is 10.2 Å².